The first-order valence-electron chi connectivity index (χ1n) is 11.8. The maximum Gasteiger partial charge on any atom is 0.274 e. The molecule has 1 aromatic carbocycles. The Morgan fingerprint density at radius 1 is 1.21 bits per heavy atom. The normalized spacial score (nSPS) is 14.4. The molecule has 2 heterocycles. The molecule has 1 atom stereocenters. The Morgan fingerprint density at radius 2 is 1.97 bits per heavy atom. The molecule has 0 saturated heterocycles. The SMILES string of the molecule is CCC(C)NC(=O)CCN(CC)C(=O)c1cc2n(n1)CCCN(Cc1ccccc1C)C2=O. The van der Waals surface area contributed by atoms with E-state index in [2.05, 4.69) is 10.4 Å². The summed E-state index contributed by atoms with van der Waals surface area (Å²) in [4.78, 5) is 41.9. The number of fused-ring (bicyclic) bond motifs is 1. The molecule has 1 aliphatic rings. The zero-order chi connectivity index (χ0) is 24.0. The molecule has 1 aromatic heterocycles. The van der Waals surface area contributed by atoms with Gasteiger partial charge in [-0.15, -0.1) is 0 Å². The van der Waals surface area contributed by atoms with E-state index < -0.39 is 0 Å². The van der Waals surface area contributed by atoms with E-state index in [1.165, 1.54) is 0 Å². The van der Waals surface area contributed by atoms with Crippen molar-refractivity contribution >= 4 is 17.7 Å². The molecule has 8 nitrogen and oxygen atoms in total. The summed E-state index contributed by atoms with van der Waals surface area (Å²) in [6, 6.07) is 9.76. The molecule has 0 fully saturated rings. The lowest BCUT2D eigenvalue weighted by molar-refractivity contribution is -0.121. The van der Waals surface area contributed by atoms with Gasteiger partial charge >= 0.3 is 0 Å². The lowest BCUT2D eigenvalue weighted by Gasteiger charge is -2.21. The number of nitrogens with one attached hydrogen (secondary N) is 1. The summed E-state index contributed by atoms with van der Waals surface area (Å²) in [7, 11) is 0. The summed E-state index contributed by atoms with van der Waals surface area (Å²) in [5.41, 5.74) is 2.95. The molecule has 0 bridgehead atoms. The second-order valence-electron chi connectivity index (χ2n) is 8.66. The third-order valence-electron chi connectivity index (χ3n) is 6.22. The van der Waals surface area contributed by atoms with Crippen molar-refractivity contribution in [3.63, 3.8) is 0 Å². The lowest BCUT2D eigenvalue weighted by atomic mass is 10.1. The van der Waals surface area contributed by atoms with Gasteiger partial charge in [-0.05, 0) is 44.7 Å². The van der Waals surface area contributed by atoms with Crippen molar-refractivity contribution in [2.45, 2.75) is 66.1 Å². The molecule has 178 valence electrons. The van der Waals surface area contributed by atoms with Crippen LogP contribution in [0.1, 0.15) is 72.1 Å². The minimum Gasteiger partial charge on any atom is -0.354 e. The van der Waals surface area contributed by atoms with Crippen LogP contribution in [0.15, 0.2) is 30.3 Å². The molecule has 2 aromatic rings. The number of hydrogen-bond donors (Lipinski definition) is 1. The number of rotatable bonds is 9. The Labute approximate surface area is 195 Å². The fraction of sp³-hybridized carbons (Fsp3) is 0.520. The molecular weight excluding hydrogens is 418 g/mol. The van der Waals surface area contributed by atoms with Crippen molar-refractivity contribution in [3.05, 3.63) is 52.8 Å². The molecule has 0 aliphatic carbocycles. The third-order valence-corrected chi connectivity index (χ3v) is 6.22. The first kappa shape index (κ1) is 24.5. The van der Waals surface area contributed by atoms with Gasteiger partial charge in [0.1, 0.15) is 5.69 Å². The fourth-order valence-corrected chi connectivity index (χ4v) is 3.93. The van der Waals surface area contributed by atoms with E-state index in [4.69, 9.17) is 0 Å². The van der Waals surface area contributed by atoms with Crippen molar-refractivity contribution in [2.75, 3.05) is 19.6 Å². The smallest absolute Gasteiger partial charge is 0.274 e. The maximum atomic E-state index is 13.3. The van der Waals surface area contributed by atoms with E-state index in [0.717, 1.165) is 24.0 Å². The molecule has 33 heavy (non-hydrogen) atoms. The molecule has 1 N–H and O–H groups in total. The Balaban J connectivity index is 1.70. The largest absolute Gasteiger partial charge is 0.354 e. The average molecular weight is 454 g/mol. The summed E-state index contributed by atoms with van der Waals surface area (Å²) in [5.74, 6) is -0.441. The van der Waals surface area contributed by atoms with E-state index in [0.29, 0.717) is 38.4 Å². The van der Waals surface area contributed by atoms with Gasteiger partial charge < -0.3 is 15.1 Å². The second kappa shape index (κ2) is 11.1. The van der Waals surface area contributed by atoms with Crippen molar-refractivity contribution in [3.8, 4) is 0 Å². The van der Waals surface area contributed by atoms with Gasteiger partial charge in [-0.25, -0.2) is 0 Å². The van der Waals surface area contributed by atoms with Gasteiger partial charge in [-0.2, -0.15) is 5.10 Å². The lowest BCUT2D eigenvalue weighted by Crippen LogP contribution is -2.37. The van der Waals surface area contributed by atoms with Crippen LogP contribution in [-0.4, -0.2) is 63.0 Å². The fourth-order valence-electron chi connectivity index (χ4n) is 3.93. The number of carbonyl (C=O) groups is 3. The Bertz CT molecular complexity index is 1000. The van der Waals surface area contributed by atoms with E-state index in [-0.39, 0.29) is 35.9 Å². The molecule has 8 heteroatoms. The number of hydrogen-bond acceptors (Lipinski definition) is 4. The van der Waals surface area contributed by atoms with Gasteiger partial charge in [0, 0.05) is 51.3 Å². The number of amides is 3. The number of aromatic nitrogens is 2. The van der Waals surface area contributed by atoms with Crippen LogP contribution < -0.4 is 5.32 Å². The minimum absolute atomic E-state index is 0.0711. The highest BCUT2D eigenvalue weighted by Crippen LogP contribution is 2.19. The van der Waals surface area contributed by atoms with Gasteiger partial charge in [-0.3, -0.25) is 19.1 Å². The van der Waals surface area contributed by atoms with Crippen molar-refractivity contribution in [2.24, 2.45) is 0 Å². The van der Waals surface area contributed by atoms with Crippen LogP contribution in [0.4, 0.5) is 0 Å². The van der Waals surface area contributed by atoms with Gasteiger partial charge in [-0.1, -0.05) is 31.2 Å². The topological polar surface area (TPSA) is 87.5 Å². The van der Waals surface area contributed by atoms with E-state index in [1.54, 1.807) is 15.6 Å². The number of carbonyl (C=O) groups excluding carboxylic acids is 3. The quantitative estimate of drug-likeness (QED) is 0.632. The summed E-state index contributed by atoms with van der Waals surface area (Å²) in [6.45, 7) is 10.4. The Hall–Kier alpha value is -3.16. The highest BCUT2D eigenvalue weighted by Gasteiger charge is 2.28. The minimum atomic E-state index is -0.257. The first-order valence-corrected chi connectivity index (χ1v) is 11.8. The zero-order valence-corrected chi connectivity index (χ0v) is 20.1. The van der Waals surface area contributed by atoms with Crippen LogP contribution in [0, 0.1) is 6.92 Å². The molecule has 3 amide bonds. The zero-order valence-electron chi connectivity index (χ0n) is 20.1. The predicted octanol–water partition coefficient (Wildman–Crippen LogP) is 3.00. The molecule has 3 rings (SSSR count). The van der Waals surface area contributed by atoms with Gasteiger partial charge in [0.2, 0.25) is 5.91 Å². The highest BCUT2D eigenvalue weighted by atomic mass is 16.2. The third kappa shape index (κ3) is 6.00. The summed E-state index contributed by atoms with van der Waals surface area (Å²) < 4.78 is 1.65. The highest BCUT2D eigenvalue weighted by molar-refractivity contribution is 5.98. The van der Waals surface area contributed by atoms with Crippen molar-refractivity contribution in [1.29, 1.82) is 0 Å². The Morgan fingerprint density at radius 3 is 2.67 bits per heavy atom. The maximum absolute atomic E-state index is 13.3. The molecule has 0 saturated carbocycles. The summed E-state index contributed by atoms with van der Waals surface area (Å²) >= 11 is 0. The van der Waals surface area contributed by atoms with Crippen LogP contribution in [0.5, 0.6) is 0 Å². The van der Waals surface area contributed by atoms with Crippen LogP contribution in [-0.2, 0) is 17.9 Å². The number of benzene rings is 1. The summed E-state index contributed by atoms with van der Waals surface area (Å²) in [6.07, 6.45) is 1.87. The van der Waals surface area contributed by atoms with E-state index in [1.807, 2.05) is 56.9 Å². The first-order chi connectivity index (χ1) is 15.8. The van der Waals surface area contributed by atoms with Crippen molar-refractivity contribution in [1.82, 2.24) is 24.9 Å². The number of aryl methyl sites for hydroxylation is 2. The average Bonchev–Trinajstić information content (AvgIpc) is 3.17. The van der Waals surface area contributed by atoms with Crippen LogP contribution in [0.3, 0.4) is 0 Å². The monoisotopic (exact) mass is 453 g/mol. The van der Waals surface area contributed by atoms with Crippen LogP contribution in [0.2, 0.25) is 0 Å². The molecule has 1 aliphatic heterocycles. The molecule has 0 spiro atoms. The van der Waals surface area contributed by atoms with E-state index >= 15 is 0 Å². The second-order valence-corrected chi connectivity index (χ2v) is 8.66. The van der Waals surface area contributed by atoms with Gasteiger partial charge in [0.25, 0.3) is 11.8 Å². The molecule has 1 unspecified atom stereocenters. The number of nitrogens with zero attached hydrogens (tertiary/aromatic N) is 4. The predicted molar refractivity (Wildman–Crippen MR) is 127 cm³/mol. The molecular formula is C25H35N5O3. The van der Waals surface area contributed by atoms with Crippen LogP contribution >= 0.6 is 0 Å². The Kier molecular flexibility index (Phi) is 8.25. The van der Waals surface area contributed by atoms with Crippen molar-refractivity contribution < 1.29 is 14.4 Å². The van der Waals surface area contributed by atoms with E-state index in [9.17, 15) is 14.4 Å². The van der Waals surface area contributed by atoms with Gasteiger partial charge in [0.15, 0.2) is 5.69 Å². The van der Waals surface area contributed by atoms with Crippen LogP contribution in [0.25, 0.3) is 0 Å². The standard InChI is InChI=1S/C25H35N5O3/c1-5-19(4)26-23(31)12-15-28(6-2)24(32)21-16-22-25(33)29(13-9-14-30(22)27-21)17-20-11-8-7-10-18(20)3/h7-8,10-11,16,19H,5-6,9,12-15,17H2,1-4H3,(H,26,31). The molecule has 0 radical (unpaired) electrons. The summed E-state index contributed by atoms with van der Waals surface area (Å²) in [5, 5.41) is 7.38. The van der Waals surface area contributed by atoms with Gasteiger partial charge in [0.05, 0.1) is 0 Å².